The Kier molecular flexibility index (Phi) is 4.77. The van der Waals surface area contributed by atoms with Crippen molar-refractivity contribution in [1.29, 1.82) is 0 Å². The summed E-state index contributed by atoms with van der Waals surface area (Å²) in [7, 11) is 0. The van der Waals surface area contributed by atoms with Crippen LogP contribution in [0.25, 0.3) is 11.0 Å². The Morgan fingerprint density at radius 2 is 1.77 bits per heavy atom. The highest BCUT2D eigenvalue weighted by Gasteiger charge is 2.44. The van der Waals surface area contributed by atoms with Gasteiger partial charge in [0, 0.05) is 6.20 Å². The van der Waals surface area contributed by atoms with Crippen molar-refractivity contribution in [3.63, 3.8) is 0 Å². The van der Waals surface area contributed by atoms with Crippen LogP contribution in [0.1, 0.15) is 33.3 Å². The summed E-state index contributed by atoms with van der Waals surface area (Å²) in [5, 5.41) is 1.51. The first-order valence-electron chi connectivity index (χ1n) is 9.32. The van der Waals surface area contributed by atoms with Gasteiger partial charge >= 0.3 is 0 Å². The second kappa shape index (κ2) is 7.38. The first-order valence-corrected chi connectivity index (χ1v) is 10.5. The number of rotatable bonds is 2. The van der Waals surface area contributed by atoms with E-state index in [1.54, 1.807) is 42.5 Å². The maximum absolute atomic E-state index is 13.5. The predicted molar refractivity (Wildman–Crippen MR) is 122 cm³/mol. The van der Waals surface area contributed by atoms with Gasteiger partial charge < -0.3 is 4.42 Å². The number of aryl methyl sites for hydroxylation is 1. The van der Waals surface area contributed by atoms with Crippen molar-refractivity contribution >= 4 is 57.5 Å². The van der Waals surface area contributed by atoms with Crippen molar-refractivity contribution in [3.05, 3.63) is 102 Å². The molecule has 0 bridgehead atoms. The van der Waals surface area contributed by atoms with Crippen LogP contribution in [0.3, 0.4) is 0 Å². The molecule has 1 aliphatic rings. The van der Waals surface area contributed by atoms with Gasteiger partial charge in [0.05, 0.1) is 32.1 Å². The molecule has 1 amide bonds. The average molecular weight is 472 g/mol. The number of hydrogen-bond donors (Lipinski definition) is 0. The van der Waals surface area contributed by atoms with Gasteiger partial charge in [-0.3, -0.25) is 14.5 Å². The van der Waals surface area contributed by atoms with Crippen LogP contribution >= 0.6 is 34.8 Å². The van der Waals surface area contributed by atoms with Gasteiger partial charge in [-0.15, -0.1) is 0 Å². The van der Waals surface area contributed by atoms with Crippen molar-refractivity contribution in [2.75, 3.05) is 4.90 Å². The Bertz CT molecular complexity index is 1430. The van der Waals surface area contributed by atoms with E-state index < -0.39 is 11.9 Å². The van der Waals surface area contributed by atoms with Gasteiger partial charge in [-0.25, -0.2) is 4.98 Å². The number of fused-ring (bicyclic) bond motifs is 2. The van der Waals surface area contributed by atoms with Crippen LogP contribution in [0.2, 0.25) is 15.1 Å². The molecule has 2 aromatic carbocycles. The number of pyridine rings is 1. The van der Waals surface area contributed by atoms with Crippen molar-refractivity contribution in [2.45, 2.75) is 13.0 Å². The number of amides is 1. The molecule has 3 heterocycles. The fourth-order valence-corrected chi connectivity index (χ4v) is 4.25. The highest BCUT2D eigenvalue weighted by Crippen LogP contribution is 2.42. The maximum Gasteiger partial charge on any atom is 0.296 e. The SMILES string of the molecule is Cc1ccc2oc3c(c(=O)c2c1)C(c1ccc(Cl)c(Cl)c1)N(c1ccc(Cl)cn1)C3=O. The van der Waals surface area contributed by atoms with E-state index in [2.05, 4.69) is 4.98 Å². The smallest absolute Gasteiger partial charge is 0.296 e. The lowest BCUT2D eigenvalue weighted by Crippen LogP contribution is -2.30. The van der Waals surface area contributed by atoms with E-state index in [0.29, 0.717) is 37.4 Å². The molecule has 0 saturated heterocycles. The lowest BCUT2D eigenvalue weighted by Gasteiger charge is -2.24. The fourth-order valence-electron chi connectivity index (χ4n) is 3.83. The van der Waals surface area contributed by atoms with Crippen LogP contribution in [-0.2, 0) is 0 Å². The molecule has 8 heteroatoms. The molecule has 0 N–H and O–H groups in total. The summed E-state index contributed by atoms with van der Waals surface area (Å²) >= 11 is 18.3. The second-order valence-corrected chi connectivity index (χ2v) is 8.51. The minimum Gasteiger partial charge on any atom is -0.450 e. The van der Waals surface area contributed by atoms with E-state index in [0.717, 1.165) is 5.56 Å². The van der Waals surface area contributed by atoms with E-state index in [4.69, 9.17) is 39.2 Å². The molecule has 4 aromatic rings. The average Bonchev–Trinajstić information content (AvgIpc) is 3.04. The highest BCUT2D eigenvalue weighted by atomic mass is 35.5. The van der Waals surface area contributed by atoms with Crippen molar-refractivity contribution in [3.8, 4) is 0 Å². The Hall–Kier alpha value is -2.86. The van der Waals surface area contributed by atoms with Gasteiger partial charge in [-0.05, 0) is 48.9 Å². The maximum atomic E-state index is 13.5. The Labute approximate surface area is 191 Å². The zero-order chi connectivity index (χ0) is 21.9. The van der Waals surface area contributed by atoms with E-state index in [1.807, 2.05) is 13.0 Å². The minimum absolute atomic E-state index is 0.0193. The summed E-state index contributed by atoms with van der Waals surface area (Å²) in [5.74, 6) is -0.161. The fraction of sp³-hybridized carbons (Fsp3) is 0.0870. The third kappa shape index (κ3) is 3.21. The van der Waals surface area contributed by atoms with Crippen molar-refractivity contribution < 1.29 is 9.21 Å². The lowest BCUT2D eigenvalue weighted by molar-refractivity contribution is 0.0970. The summed E-state index contributed by atoms with van der Waals surface area (Å²) in [6.07, 6.45) is 1.44. The largest absolute Gasteiger partial charge is 0.450 e. The van der Waals surface area contributed by atoms with Gasteiger partial charge in [-0.1, -0.05) is 52.5 Å². The number of anilines is 1. The topological polar surface area (TPSA) is 63.4 Å². The Morgan fingerprint density at radius 1 is 0.968 bits per heavy atom. The third-order valence-electron chi connectivity index (χ3n) is 5.24. The van der Waals surface area contributed by atoms with Crippen LogP contribution in [-0.4, -0.2) is 10.9 Å². The van der Waals surface area contributed by atoms with E-state index in [9.17, 15) is 9.59 Å². The summed E-state index contributed by atoms with van der Waals surface area (Å²) in [6, 6.07) is 12.7. The quantitative estimate of drug-likeness (QED) is 0.349. The number of benzene rings is 2. The molecule has 0 radical (unpaired) electrons. The number of carbonyl (C=O) groups is 1. The van der Waals surface area contributed by atoms with Crippen LogP contribution in [0, 0.1) is 6.92 Å². The number of aromatic nitrogens is 1. The predicted octanol–water partition coefficient (Wildman–Crippen LogP) is 6.21. The molecule has 5 nitrogen and oxygen atoms in total. The molecule has 1 aliphatic heterocycles. The zero-order valence-corrected chi connectivity index (χ0v) is 18.3. The van der Waals surface area contributed by atoms with Crippen LogP contribution in [0.15, 0.2) is 63.9 Å². The summed E-state index contributed by atoms with van der Waals surface area (Å²) in [4.78, 5) is 32.7. The first-order chi connectivity index (χ1) is 14.8. The van der Waals surface area contributed by atoms with E-state index >= 15 is 0 Å². The number of carbonyl (C=O) groups excluding carboxylic acids is 1. The molecule has 5 rings (SSSR count). The monoisotopic (exact) mass is 470 g/mol. The second-order valence-electron chi connectivity index (χ2n) is 7.26. The third-order valence-corrected chi connectivity index (χ3v) is 6.21. The zero-order valence-electron chi connectivity index (χ0n) is 16.0. The molecule has 0 fully saturated rings. The first kappa shape index (κ1) is 20.1. The highest BCUT2D eigenvalue weighted by molar-refractivity contribution is 6.42. The molecule has 2 aromatic heterocycles. The summed E-state index contributed by atoms with van der Waals surface area (Å²) in [6.45, 7) is 1.89. The van der Waals surface area contributed by atoms with Gasteiger partial charge in [0.2, 0.25) is 5.76 Å². The van der Waals surface area contributed by atoms with Crippen molar-refractivity contribution in [2.24, 2.45) is 0 Å². The Morgan fingerprint density at radius 3 is 2.48 bits per heavy atom. The summed E-state index contributed by atoms with van der Waals surface area (Å²) in [5.41, 5.74) is 1.82. The standard InChI is InChI=1S/C23H13Cl3N2O3/c1-11-2-6-17-14(8-11)21(29)19-20(12-3-5-15(25)16(26)9-12)28(23(30)22(19)31-17)18-7-4-13(24)10-27-18/h2-10,20H,1H3. The molecule has 0 saturated carbocycles. The molecule has 1 unspecified atom stereocenters. The van der Waals surface area contributed by atoms with E-state index in [-0.39, 0.29) is 16.8 Å². The van der Waals surface area contributed by atoms with Crippen LogP contribution < -0.4 is 10.3 Å². The van der Waals surface area contributed by atoms with Crippen LogP contribution in [0.5, 0.6) is 0 Å². The molecule has 154 valence electrons. The molecular weight excluding hydrogens is 459 g/mol. The molecule has 0 spiro atoms. The van der Waals surface area contributed by atoms with Gasteiger partial charge in [0.25, 0.3) is 5.91 Å². The molecule has 1 atom stereocenters. The number of nitrogens with zero attached hydrogens (tertiary/aromatic N) is 2. The lowest BCUT2D eigenvalue weighted by atomic mass is 9.98. The van der Waals surface area contributed by atoms with Crippen molar-refractivity contribution in [1.82, 2.24) is 4.98 Å². The molecule has 31 heavy (non-hydrogen) atoms. The number of hydrogen-bond acceptors (Lipinski definition) is 4. The number of halogens is 3. The van der Waals surface area contributed by atoms with Gasteiger partial charge in [0.1, 0.15) is 11.4 Å². The van der Waals surface area contributed by atoms with Gasteiger partial charge in [-0.2, -0.15) is 0 Å². The molecular formula is C23H13Cl3N2O3. The van der Waals surface area contributed by atoms with Crippen LogP contribution in [0.4, 0.5) is 5.82 Å². The van der Waals surface area contributed by atoms with Gasteiger partial charge in [0.15, 0.2) is 5.43 Å². The minimum atomic E-state index is -0.785. The Balaban J connectivity index is 1.83. The van der Waals surface area contributed by atoms with E-state index in [1.165, 1.54) is 11.1 Å². The summed E-state index contributed by atoms with van der Waals surface area (Å²) < 4.78 is 5.93. The normalized spacial score (nSPS) is 15.5. The molecule has 0 aliphatic carbocycles.